The Bertz CT molecular complexity index is 315. The van der Waals surface area contributed by atoms with E-state index in [-0.39, 0.29) is 0 Å². The Hall–Kier alpha value is -0.710. The minimum Gasteiger partial charge on any atom is -0.480 e. The molecule has 0 aliphatic rings. The molecule has 1 aromatic carbocycles. The highest BCUT2D eigenvalue weighted by Gasteiger charge is 2.09. The van der Waals surface area contributed by atoms with E-state index in [1.54, 1.807) is 19.1 Å². The summed E-state index contributed by atoms with van der Waals surface area (Å²) in [6.07, 6.45) is 0. The van der Waals surface area contributed by atoms with E-state index in [1.807, 2.05) is 12.1 Å². The lowest BCUT2D eigenvalue weighted by molar-refractivity contribution is -0.138. The van der Waals surface area contributed by atoms with Crippen LogP contribution in [0.4, 0.5) is 0 Å². The van der Waals surface area contributed by atoms with Crippen molar-refractivity contribution in [3.8, 4) is 0 Å². The van der Waals surface area contributed by atoms with Gasteiger partial charge in [-0.15, -0.1) is 0 Å². The van der Waals surface area contributed by atoms with Crippen molar-refractivity contribution in [3.63, 3.8) is 0 Å². The largest absolute Gasteiger partial charge is 0.480 e. The minimum atomic E-state index is -0.869. The first-order chi connectivity index (χ1) is 6.59. The highest BCUT2D eigenvalue weighted by Crippen LogP contribution is 2.18. The lowest BCUT2D eigenvalue weighted by Crippen LogP contribution is -2.28. The minimum absolute atomic E-state index is 0.573. The highest BCUT2D eigenvalue weighted by atomic mass is 35.5. The Labute approximate surface area is 91.6 Å². The van der Waals surface area contributed by atoms with E-state index in [9.17, 15) is 4.79 Å². The van der Waals surface area contributed by atoms with Crippen LogP contribution in [0.5, 0.6) is 0 Å². The fourth-order valence-corrected chi connectivity index (χ4v) is 1.52. The Morgan fingerprint density at radius 2 is 2.07 bits per heavy atom. The van der Waals surface area contributed by atoms with Crippen LogP contribution in [0, 0.1) is 0 Å². The normalized spacial score (nSPS) is 12.4. The van der Waals surface area contributed by atoms with Gasteiger partial charge in [-0.3, -0.25) is 4.79 Å². The maximum atomic E-state index is 10.5. The maximum absolute atomic E-state index is 10.5. The molecule has 3 nitrogen and oxygen atoms in total. The summed E-state index contributed by atoms with van der Waals surface area (Å²) in [7, 11) is 0. The number of nitrogens with one attached hydrogen (secondary N) is 1. The first-order valence-electron chi connectivity index (χ1n) is 4.00. The van der Waals surface area contributed by atoms with Gasteiger partial charge in [0.1, 0.15) is 6.04 Å². The van der Waals surface area contributed by atoms with E-state index in [0.717, 1.165) is 4.90 Å². The number of benzene rings is 1. The summed E-state index contributed by atoms with van der Waals surface area (Å²) in [5.41, 5.74) is 0. The third kappa shape index (κ3) is 3.57. The van der Waals surface area contributed by atoms with Gasteiger partial charge in [-0.2, -0.15) is 0 Å². The summed E-state index contributed by atoms with van der Waals surface area (Å²) in [5, 5.41) is 9.27. The molecule has 0 aliphatic heterocycles. The summed E-state index contributed by atoms with van der Waals surface area (Å²) in [4.78, 5) is 11.4. The Morgan fingerprint density at radius 1 is 1.50 bits per heavy atom. The molecule has 0 heterocycles. The van der Waals surface area contributed by atoms with Gasteiger partial charge in [0, 0.05) is 9.92 Å². The van der Waals surface area contributed by atoms with Crippen molar-refractivity contribution >= 4 is 29.5 Å². The van der Waals surface area contributed by atoms with E-state index in [1.165, 1.54) is 11.9 Å². The summed E-state index contributed by atoms with van der Waals surface area (Å²) < 4.78 is 2.79. The zero-order valence-corrected chi connectivity index (χ0v) is 9.10. The number of carboxylic acids is 1. The summed E-state index contributed by atoms with van der Waals surface area (Å²) in [6.45, 7) is 1.59. The second-order valence-electron chi connectivity index (χ2n) is 2.73. The van der Waals surface area contributed by atoms with Gasteiger partial charge in [-0.25, -0.2) is 4.72 Å². The van der Waals surface area contributed by atoms with Crippen LogP contribution >= 0.6 is 23.5 Å². The van der Waals surface area contributed by atoms with Crippen LogP contribution in [-0.2, 0) is 4.79 Å². The molecule has 0 amide bonds. The Balaban J connectivity index is 2.46. The predicted octanol–water partition coefficient (Wildman–Crippen LogP) is 2.41. The summed E-state index contributed by atoms with van der Waals surface area (Å²) >= 11 is 6.98. The molecule has 0 bridgehead atoms. The first-order valence-corrected chi connectivity index (χ1v) is 5.20. The van der Waals surface area contributed by atoms with Gasteiger partial charge in [0.05, 0.1) is 0 Å². The second kappa shape index (κ2) is 5.24. The fourth-order valence-electron chi connectivity index (χ4n) is 0.709. The average Bonchev–Trinajstić information content (AvgIpc) is 2.16. The van der Waals surface area contributed by atoms with Gasteiger partial charge in [0.2, 0.25) is 0 Å². The van der Waals surface area contributed by atoms with Crippen molar-refractivity contribution in [3.05, 3.63) is 29.3 Å². The third-order valence-electron chi connectivity index (χ3n) is 1.54. The Kier molecular flexibility index (Phi) is 4.25. The molecule has 1 unspecified atom stereocenters. The topological polar surface area (TPSA) is 49.3 Å². The highest BCUT2D eigenvalue weighted by molar-refractivity contribution is 7.97. The van der Waals surface area contributed by atoms with Crippen molar-refractivity contribution in [1.29, 1.82) is 0 Å². The van der Waals surface area contributed by atoms with Gasteiger partial charge in [0.25, 0.3) is 0 Å². The lowest BCUT2D eigenvalue weighted by Gasteiger charge is -2.07. The van der Waals surface area contributed by atoms with Crippen LogP contribution in [0.2, 0.25) is 5.02 Å². The molecule has 14 heavy (non-hydrogen) atoms. The lowest BCUT2D eigenvalue weighted by atomic mass is 10.4. The molecule has 76 valence electrons. The molecular weight excluding hydrogens is 222 g/mol. The molecule has 0 aromatic heterocycles. The summed E-state index contributed by atoms with van der Waals surface area (Å²) in [5.74, 6) is -0.869. The van der Waals surface area contributed by atoms with Crippen LogP contribution in [0.15, 0.2) is 29.2 Å². The van der Waals surface area contributed by atoms with Gasteiger partial charge in [0.15, 0.2) is 0 Å². The van der Waals surface area contributed by atoms with E-state index in [0.29, 0.717) is 5.02 Å². The average molecular weight is 232 g/mol. The molecule has 0 fully saturated rings. The number of rotatable bonds is 4. The number of aliphatic carboxylic acids is 1. The van der Waals surface area contributed by atoms with Gasteiger partial charge >= 0.3 is 5.97 Å². The molecule has 0 saturated heterocycles. The van der Waals surface area contributed by atoms with Crippen molar-refractivity contribution in [1.82, 2.24) is 4.72 Å². The van der Waals surface area contributed by atoms with E-state index in [4.69, 9.17) is 16.7 Å². The quantitative estimate of drug-likeness (QED) is 0.782. The molecule has 0 saturated carbocycles. The maximum Gasteiger partial charge on any atom is 0.321 e. The number of hydrogen-bond acceptors (Lipinski definition) is 3. The standard InChI is InChI=1S/C9H10ClNO2S/c1-6(9(12)13)11-14-8-4-2-7(10)3-5-8/h2-6,11H,1H3,(H,12,13). The number of carbonyl (C=O) groups is 1. The first kappa shape index (κ1) is 11.4. The molecule has 5 heteroatoms. The molecular formula is C9H10ClNO2S. The number of carboxylic acid groups (broad SMARTS) is 1. The molecule has 1 aromatic rings. The van der Waals surface area contributed by atoms with E-state index >= 15 is 0 Å². The number of halogens is 1. The number of hydrogen-bond donors (Lipinski definition) is 2. The SMILES string of the molecule is CC(NSc1ccc(Cl)cc1)C(=O)O. The molecule has 1 atom stereocenters. The predicted molar refractivity (Wildman–Crippen MR) is 57.5 cm³/mol. The molecule has 0 spiro atoms. The van der Waals surface area contributed by atoms with Crippen molar-refractivity contribution in [2.24, 2.45) is 0 Å². The summed E-state index contributed by atoms with van der Waals surface area (Å²) in [6, 6.07) is 6.60. The monoisotopic (exact) mass is 231 g/mol. The molecule has 2 N–H and O–H groups in total. The van der Waals surface area contributed by atoms with Gasteiger partial charge < -0.3 is 5.11 Å². The molecule has 0 aliphatic carbocycles. The third-order valence-corrected chi connectivity index (χ3v) is 2.77. The van der Waals surface area contributed by atoms with Crippen LogP contribution in [0.1, 0.15) is 6.92 Å². The van der Waals surface area contributed by atoms with Crippen molar-refractivity contribution in [2.75, 3.05) is 0 Å². The van der Waals surface area contributed by atoms with Crippen molar-refractivity contribution < 1.29 is 9.90 Å². The van der Waals surface area contributed by atoms with Crippen LogP contribution in [0.25, 0.3) is 0 Å². The van der Waals surface area contributed by atoms with Crippen LogP contribution in [0.3, 0.4) is 0 Å². The van der Waals surface area contributed by atoms with Gasteiger partial charge in [-0.1, -0.05) is 11.6 Å². The second-order valence-corrected chi connectivity index (χ2v) is 4.08. The van der Waals surface area contributed by atoms with E-state index < -0.39 is 12.0 Å². The van der Waals surface area contributed by atoms with Crippen molar-refractivity contribution in [2.45, 2.75) is 17.9 Å². The van der Waals surface area contributed by atoms with Crippen LogP contribution in [-0.4, -0.2) is 17.1 Å². The molecule has 1 rings (SSSR count). The van der Waals surface area contributed by atoms with Crippen LogP contribution < -0.4 is 4.72 Å². The molecule has 0 radical (unpaired) electrons. The smallest absolute Gasteiger partial charge is 0.321 e. The Morgan fingerprint density at radius 3 is 2.57 bits per heavy atom. The fraction of sp³-hybridized carbons (Fsp3) is 0.222. The zero-order chi connectivity index (χ0) is 10.6. The van der Waals surface area contributed by atoms with Gasteiger partial charge in [-0.05, 0) is 43.1 Å². The van der Waals surface area contributed by atoms with E-state index in [2.05, 4.69) is 4.72 Å². The zero-order valence-electron chi connectivity index (χ0n) is 7.53.